The number of rotatable bonds is 3. The highest BCUT2D eigenvalue weighted by Gasteiger charge is 2.54. The van der Waals surface area contributed by atoms with Gasteiger partial charge in [0.1, 0.15) is 0 Å². The van der Waals surface area contributed by atoms with Crippen molar-refractivity contribution < 1.29 is 26.4 Å². The van der Waals surface area contributed by atoms with Gasteiger partial charge in [-0.15, -0.1) is 0 Å². The fraction of sp³-hybridized carbons (Fsp3) is 0.900. The number of amides is 1. The molecule has 0 aliphatic carbocycles. The van der Waals surface area contributed by atoms with Gasteiger partial charge < -0.3 is 11.1 Å². The number of carbonyl (C=O) groups excluding carboxylic acids is 1. The molecule has 1 heterocycles. The molecule has 0 radical (unpaired) electrons. The Labute approximate surface area is 115 Å². The summed E-state index contributed by atoms with van der Waals surface area (Å²) in [4.78, 5) is 11.6. The van der Waals surface area contributed by atoms with Gasteiger partial charge in [0.15, 0.2) is 5.54 Å². The van der Waals surface area contributed by atoms with Gasteiger partial charge in [0, 0.05) is 19.1 Å². The van der Waals surface area contributed by atoms with Crippen LogP contribution in [-0.4, -0.2) is 55.7 Å². The van der Waals surface area contributed by atoms with E-state index in [1.165, 1.54) is 4.31 Å². The lowest BCUT2D eigenvalue weighted by molar-refractivity contribution is -0.187. The first kappa shape index (κ1) is 17.2. The molecule has 1 aliphatic rings. The number of nitrogens with two attached hydrogens (primary N) is 1. The Hall–Kier alpha value is -0.870. The lowest BCUT2D eigenvalue weighted by atomic mass is 9.99. The first-order chi connectivity index (χ1) is 8.85. The van der Waals surface area contributed by atoms with Gasteiger partial charge in [0.2, 0.25) is 15.9 Å². The molecule has 1 atom stereocenters. The van der Waals surface area contributed by atoms with Gasteiger partial charge in [0.25, 0.3) is 0 Å². The molecule has 20 heavy (non-hydrogen) atoms. The summed E-state index contributed by atoms with van der Waals surface area (Å²) in [6, 6.07) is -0.509. The Morgan fingerprint density at radius 2 is 1.75 bits per heavy atom. The van der Waals surface area contributed by atoms with Crippen molar-refractivity contribution in [3.05, 3.63) is 0 Å². The van der Waals surface area contributed by atoms with Crippen molar-refractivity contribution in [1.82, 2.24) is 9.62 Å². The van der Waals surface area contributed by atoms with Crippen molar-refractivity contribution in [3.8, 4) is 0 Å². The summed E-state index contributed by atoms with van der Waals surface area (Å²) >= 11 is 0. The molecule has 0 bridgehead atoms. The van der Waals surface area contributed by atoms with Crippen LogP contribution in [-0.2, 0) is 14.8 Å². The molecule has 10 heteroatoms. The van der Waals surface area contributed by atoms with Crippen LogP contribution in [0, 0.1) is 0 Å². The number of hydrogen-bond acceptors (Lipinski definition) is 4. The smallest absolute Gasteiger partial charge is 0.351 e. The Kier molecular flexibility index (Phi) is 4.72. The Morgan fingerprint density at radius 3 is 2.10 bits per heavy atom. The van der Waals surface area contributed by atoms with Crippen molar-refractivity contribution in [3.63, 3.8) is 0 Å². The maximum atomic E-state index is 12.6. The molecule has 1 saturated heterocycles. The summed E-state index contributed by atoms with van der Waals surface area (Å²) < 4.78 is 61.5. The Bertz CT molecular complexity index is 468. The van der Waals surface area contributed by atoms with Gasteiger partial charge in [-0.2, -0.15) is 13.2 Å². The number of halogens is 3. The van der Waals surface area contributed by atoms with Crippen molar-refractivity contribution >= 4 is 15.9 Å². The molecular formula is C10H18F3N3O3S. The minimum Gasteiger partial charge on any atom is -0.351 e. The molecule has 0 saturated carbocycles. The highest BCUT2D eigenvalue weighted by Crippen LogP contribution is 2.28. The summed E-state index contributed by atoms with van der Waals surface area (Å²) in [5.41, 5.74) is 2.05. The van der Waals surface area contributed by atoms with Crippen LogP contribution in [0.1, 0.15) is 19.8 Å². The highest BCUT2D eigenvalue weighted by molar-refractivity contribution is 7.88. The van der Waals surface area contributed by atoms with E-state index in [0.717, 1.165) is 6.26 Å². The van der Waals surface area contributed by atoms with E-state index in [9.17, 15) is 26.4 Å². The molecule has 1 amide bonds. The largest absolute Gasteiger partial charge is 0.415 e. The molecule has 0 aromatic rings. The second-order valence-electron chi connectivity index (χ2n) is 5.11. The topological polar surface area (TPSA) is 92.5 Å². The minimum atomic E-state index is -4.84. The predicted octanol–water partition coefficient (Wildman–Crippen LogP) is -0.194. The van der Waals surface area contributed by atoms with Crippen LogP contribution in [0.15, 0.2) is 0 Å². The van der Waals surface area contributed by atoms with E-state index in [-0.39, 0.29) is 25.9 Å². The lowest BCUT2D eigenvalue weighted by Gasteiger charge is -2.33. The number of piperidine rings is 1. The third-order valence-electron chi connectivity index (χ3n) is 3.32. The molecule has 0 aromatic heterocycles. The number of carbonyl (C=O) groups is 1. The van der Waals surface area contributed by atoms with Crippen molar-refractivity contribution in [1.29, 1.82) is 0 Å². The van der Waals surface area contributed by atoms with Gasteiger partial charge in [-0.3, -0.25) is 4.79 Å². The zero-order valence-electron chi connectivity index (χ0n) is 11.2. The van der Waals surface area contributed by atoms with Gasteiger partial charge >= 0.3 is 6.18 Å². The van der Waals surface area contributed by atoms with Crippen molar-refractivity contribution in [2.75, 3.05) is 19.3 Å². The first-order valence-corrected chi connectivity index (χ1v) is 7.82. The van der Waals surface area contributed by atoms with E-state index in [2.05, 4.69) is 5.32 Å². The number of nitrogens with zero attached hydrogens (tertiary/aromatic N) is 1. The third kappa shape index (κ3) is 3.83. The summed E-state index contributed by atoms with van der Waals surface area (Å²) in [7, 11) is -3.31. The fourth-order valence-electron chi connectivity index (χ4n) is 1.80. The molecule has 3 N–H and O–H groups in total. The van der Waals surface area contributed by atoms with E-state index in [1.807, 2.05) is 0 Å². The summed E-state index contributed by atoms with van der Waals surface area (Å²) in [5, 5.41) is 2.23. The van der Waals surface area contributed by atoms with Gasteiger partial charge in [-0.05, 0) is 19.8 Å². The highest BCUT2D eigenvalue weighted by atomic mass is 32.2. The second kappa shape index (κ2) is 5.49. The maximum absolute atomic E-state index is 12.6. The van der Waals surface area contributed by atoms with Crippen LogP contribution in [0.2, 0.25) is 0 Å². The molecule has 1 rings (SSSR count). The number of alkyl halides is 3. The van der Waals surface area contributed by atoms with Crippen LogP contribution in [0.25, 0.3) is 0 Å². The monoisotopic (exact) mass is 317 g/mol. The van der Waals surface area contributed by atoms with E-state index in [0.29, 0.717) is 6.92 Å². The Balaban J connectivity index is 2.59. The fourth-order valence-corrected chi connectivity index (χ4v) is 2.67. The predicted molar refractivity (Wildman–Crippen MR) is 66.2 cm³/mol. The van der Waals surface area contributed by atoms with Crippen LogP contribution < -0.4 is 11.1 Å². The summed E-state index contributed by atoms with van der Waals surface area (Å²) in [5.74, 6) is -1.30. The molecule has 0 aromatic carbocycles. The summed E-state index contributed by atoms with van der Waals surface area (Å²) in [6.07, 6.45) is -3.27. The van der Waals surface area contributed by atoms with Crippen LogP contribution in [0.5, 0.6) is 0 Å². The Morgan fingerprint density at radius 1 is 1.30 bits per heavy atom. The average molecular weight is 317 g/mol. The van der Waals surface area contributed by atoms with E-state index in [4.69, 9.17) is 5.73 Å². The molecule has 118 valence electrons. The number of hydrogen-bond donors (Lipinski definition) is 2. The molecule has 0 spiro atoms. The van der Waals surface area contributed by atoms with Crippen molar-refractivity contribution in [2.24, 2.45) is 5.73 Å². The van der Waals surface area contributed by atoms with E-state index < -0.39 is 33.7 Å². The first-order valence-electron chi connectivity index (χ1n) is 5.97. The van der Waals surface area contributed by atoms with Crippen LogP contribution in [0.3, 0.4) is 0 Å². The van der Waals surface area contributed by atoms with E-state index in [1.54, 1.807) is 0 Å². The molecule has 1 aliphatic heterocycles. The molecule has 1 unspecified atom stereocenters. The molecule has 6 nitrogen and oxygen atoms in total. The zero-order valence-corrected chi connectivity index (χ0v) is 12.0. The SMILES string of the molecule is CC(N)(C(=O)NC1CCN(S(C)(=O)=O)CC1)C(F)(F)F. The third-order valence-corrected chi connectivity index (χ3v) is 4.62. The zero-order chi connectivity index (χ0) is 15.8. The molecule has 1 fully saturated rings. The van der Waals surface area contributed by atoms with Gasteiger partial charge in [0.05, 0.1) is 6.26 Å². The standard InChI is InChI=1S/C10H18F3N3O3S/c1-9(14,10(11,12)13)8(17)15-7-3-5-16(6-4-7)20(2,18)19/h7H,3-6,14H2,1-2H3,(H,15,17). The van der Waals surface area contributed by atoms with Crippen LogP contribution in [0.4, 0.5) is 13.2 Å². The van der Waals surface area contributed by atoms with Crippen molar-refractivity contribution in [2.45, 2.75) is 37.5 Å². The average Bonchev–Trinajstić information content (AvgIpc) is 2.26. The van der Waals surface area contributed by atoms with Gasteiger partial charge in [-0.1, -0.05) is 0 Å². The van der Waals surface area contributed by atoms with Crippen LogP contribution >= 0.6 is 0 Å². The normalized spacial score (nSPS) is 22.3. The van der Waals surface area contributed by atoms with E-state index >= 15 is 0 Å². The quantitative estimate of drug-likeness (QED) is 0.754. The second-order valence-corrected chi connectivity index (χ2v) is 7.09. The number of sulfonamides is 1. The number of nitrogens with one attached hydrogen (secondary N) is 1. The molecular weight excluding hydrogens is 299 g/mol. The van der Waals surface area contributed by atoms with Gasteiger partial charge in [-0.25, -0.2) is 12.7 Å². The summed E-state index contributed by atoms with van der Waals surface area (Å²) in [6.45, 7) is 0.933. The lowest BCUT2D eigenvalue weighted by Crippen LogP contribution is -2.63. The minimum absolute atomic E-state index is 0.164. The maximum Gasteiger partial charge on any atom is 0.415 e.